The largest absolute Gasteiger partial charge is 0.393 e. The number of anilines is 1. The summed E-state index contributed by atoms with van der Waals surface area (Å²) in [5.74, 6) is -1.42. The lowest BCUT2D eigenvalue weighted by Gasteiger charge is -2.02. The van der Waals surface area contributed by atoms with Crippen molar-refractivity contribution in [2.45, 2.75) is 0 Å². The fourth-order valence-corrected chi connectivity index (χ4v) is 0.942. The second-order valence-corrected chi connectivity index (χ2v) is 2.56. The van der Waals surface area contributed by atoms with Crippen LogP contribution >= 0.6 is 0 Å². The highest BCUT2D eigenvalue weighted by Gasteiger charge is 2.17. The number of nitrogens with zero attached hydrogens (tertiary/aromatic N) is 1. The maximum atomic E-state index is 13.0. The summed E-state index contributed by atoms with van der Waals surface area (Å²) in [5, 5.41) is 17.4. The van der Waals surface area contributed by atoms with Crippen molar-refractivity contribution in [1.29, 1.82) is 5.41 Å². The van der Waals surface area contributed by atoms with E-state index in [0.717, 1.165) is 12.1 Å². The molecule has 0 aliphatic rings. The summed E-state index contributed by atoms with van der Waals surface area (Å²) in [5.41, 5.74) is 9.13. The number of nitro benzene ring substituents is 1. The van der Waals surface area contributed by atoms with Crippen LogP contribution in [0.25, 0.3) is 0 Å². The minimum absolute atomic E-state index is 0.294. The monoisotopic (exact) mass is 198 g/mol. The van der Waals surface area contributed by atoms with Crippen LogP contribution in [-0.4, -0.2) is 10.8 Å². The van der Waals surface area contributed by atoms with E-state index in [2.05, 4.69) is 0 Å². The molecule has 0 spiro atoms. The van der Waals surface area contributed by atoms with Crippen LogP contribution < -0.4 is 11.5 Å². The van der Waals surface area contributed by atoms with Gasteiger partial charge in [0.1, 0.15) is 17.3 Å². The predicted octanol–water partition coefficient (Wildman–Crippen LogP) is 0.600. The molecule has 0 saturated carbocycles. The van der Waals surface area contributed by atoms with Crippen molar-refractivity contribution in [3.05, 3.63) is 33.6 Å². The zero-order chi connectivity index (χ0) is 10.9. The molecule has 0 aliphatic carbocycles. The summed E-state index contributed by atoms with van der Waals surface area (Å²) in [4.78, 5) is 9.64. The lowest BCUT2D eigenvalue weighted by atomic mass is 10.1. The molecule has 1 rings (SSSR count). The summed E-state index contributed by atoms with van der Waals surface area (Å²) >= 11 is 0. The van der Waals surface area contributed by atoms with Gasteiger partial charge in [-0.3, -0.25) is 15.5 Å². The maximum absolute atomic E-state index is 13.0. The number of rotatable bonds is 2. The average Bonchev–Trinajstić information content (AvgIpc) is 2.02. The Balaban J connectivity index is 3.42. The first-order valence-electron chi connectivity index (χ1n) is 3.51. The highest BCUT2D eigenvalue weighted by Crippen LogP contribution is 2.24. The van der Waals surface area contributed by atoms with Gasteiger partial charge >= 0.3 is 0 Å². The van der Waals surface area contributed by atoms with Crippen LogP contribution in [-0.2, 0) is 0 Å². The molecule has 14 heavy (non-hydrogen) atoms. The molecule has 0 saturated heterocycles. The van der Waals surface area contributed by atoms with Crippen LogP contribution in [0.1, 0.15) is 5.56 Å². The average molecular weight is 198 g/mol. The van der Waals surface area contributed by atoms with Crippen molar-refractivity contribution in [2.75, 3.05) is 5.73 Å². The number of benzene rings is 1. The number of hydrogen-bond donors (Lipinski definition) is 3. The van der Waals surface area contributed by atoms with Crippen molar-refractivity contribution in [2.24, 2.45) is 5.73 Å². The molecule has 0 radical (unpaired) electrons. The van der Waals surface area contributed by atoms with Crippen LogP contribution in [0.3, 0.4) is 0 Å². The number of nitro groups is 1. The molecule has 6 nitrogen and oxygen atoms in total. The van der Waals surface area contributed by atoms with Crippen molar-refractivity contribution < 1.29 is 9.31 Å². The topological polar surface area (TPSA) is 119 Å². The third-order valence-corrected chi connectivity index (χ3v) is 1.60. The van der Waals surface area contributed by atoms with Gasteiger partial charge in [-0.15, -0.1) is 0 Å². The van der Waals surface area contributed by atoms with Gasteiger partial charge in [0.25, 0.3) is 5.69 Å². The highest BCUT2D eigenvalue weighted by molar-refractivity contribution is 5.96. The normalized spacial score (nSPS) is 9.79. The number of nitrogens with one attached hydrogen (secondary N) is 1. The molecule has 0 heterocycles. The quantitative estimate of drug-likeness (QED) is 0.212. The Labute approximate surface area is 78.0 Å². The fraction of sp³-hybridized carbons (Fsp3) is 0. The van der Waals surface area contributed by atoms with E-state index in [4.69, 9.17) is 16.9 Å². The summed E-state index contributed by atoms with van der Waals surface area (Å²) in [6, 6.07) is 1.61. The molecule has 5 N–H and O–H groups in total. The standard InChI is InChI=1S/C7H7FN4O2/c8-4-2-5(9)6(12(13)14)1-3(4)7(10)11/h1-2H,9H2,(H3,10,11). The smallest absolute Gasteiger partial charge is 0.293 e. The van der Waals surface area contributed by atoms with Gasteiger partial charge in [0.15, 0.2) is 0 Å². The molecule has 7 heteroatoms. The van der Waals surface area contributed by atoms with E-state index in [1.165, 1.54) is 0 Å². The molecule has 0 fully saturated rings. The number of amidine groups is 1. The lowest BCUT2D eigenvalue weighted by Crippen LogP contribution is -2.14. The number of nitrogen functional groups attached to an aromatic ring is 2. The van der Waals surface area contributed by atoms with E-state index in [9.17, 15) is 14.5 Å². The molecule has 1 aromatic carbocycles. The molecule has 0 aromatic heterocycles. The lowest BCUT2D eigenvalue weighted by molar-refractivity contribution is -0.383. The van der Waals surface area contributed by atoms with E-state index >= 15 is 0 Å². The van der Waals surface area contributed by atoms with Gasteiger partial charge in [-0.25, -0.2) is 4.39 Å². The molecule has 0 bridgehead atoms. The number of halogens is 1. The molecule has 1 aromatic rings. The number of hydrogen-bond acceptors (Lipinski definition) is 4. The summed E-state index contributed by atoms with van der Waals surface area (Å²) in [6.45, 7) is 0. The Morgan fingerprint density at radius 1 is 1.57 bits per heavy atom. The first-order valence-corrected chi connectivity index (χ1v) is 3.51. The van der Waals surface area contributed by atoms with Crippen LogP contribution in [0.4, 0.5) is 15.8 Å². The van der Waals surface area contributed by atoms with E-state index in [1.54, 1.807) is 0 Å². The van der Waals surface area contributed by atoms with Crippen LogP contribution in [0.2, 0.25) is 0 Å². The highest BCUT2D eigenvalue weighted by atomic mass is 19.1. The van der Waals surface area contributed by atoms with Crippen LogP contribution in [0.15, 0.2) is 12.1 Å². The Kier molecular flexibility index (Phi) is 2.32. The van der Waals surface area contributed by atoms with E-state index < -0.39 is 22.3 Å². The van der Waals surface area contributed by atoms with Gasteiger partial charge in [0, 0.05) is 12.1 Å². The maximum Gasteiger partial charge on any atom is 0.293 e. The fourth-order valence-electron chi connectivity index (χ4n) is 0.942. The van der Waals surface area contributed by atoms with Crippen molar-refractivity contribution in [1.82, 2.24) is 0 Å². The van der Waals surface area contributed by atoms with E-state index in [1.807, 2.05) is 0 Å². The number of nitrogens with two attached hydrogens (primary N) is 2. The summed E-state index contributed by atoms with van der Waals surface area (Å²) in [6.07, 6.45) is 0. The molecular formula is C7H7FN4O2. The van der Waals surface area contributed by atoms with Gasteiger partial charge in [0.05, 0.1) is 10.5 Å². The van der Waals surface area contributed by atoms with Crippen molar-refractivity contribution >= 4 is 17.2 Å². The Morgan fingerprint density at radius 2 is 2.14 bits per heavy atom. The zero-order valence-corrected chi connectivity index (χ0v) is 6.95. The third kappa shape index (κ3) is 1.60. The van der Waals surface area contributed by atoms with Gasteiger partial charge in [-0.2, -0.15) is 0 Å². The van der Waals surface area contributed by atoms with E-state index in [0.29, 0.717) is 0 Å². The van der Waals surface area contributed by atoms with E-state index in [-0.39, 0.29) is 11.3 Å². The van der Waals surface area contributed by atoms with Gasteiger partial charge < -0.3 is 11.5 Å². The molecule has 0 aliphatic heterocycles. The first kappa shape index (κ1) is 9.90. The SMILES string of the molecule is N=C(N)c1cc([N+](=O)[O-])c(N)cc1F. The van der Waals surface area contributed by atoms with Crippen molar-refractivity contribution in [3.8, 4) is 0 Å². The molecule has 74 valence electrons. The molecule has 0 amide bonds. The van der Waals surface area contributed by atoms with Gasteiger partial charge in [-0.1, -0.05) is 0 Å². The van der Waals surface area contributed by atoms with Gasteiger partial charge in [-0.05, 0) is 0 Å². The Morgan fingerprint density at radius 3 is 2.57 bits per heavy atom. The van der Waals surface area contributed by atoms with Crippen molar-refractivity contribution in [3.63, 3.8) is 0 Å². The molecule has 0 unspecified atom stereocenters. The molecule has 0 atom stereocenters. The van der Waals surface area contributed by atoms with Crippen LogP contribution in [0, 0.1) is 21.3 Å². The summed E-state index contributed by atoms with van der Waals surface area (Å²) in [7, 11) is 0. The second-order valence-electron chi connectivity index (χ2n) is 2.56. The molecular weight excluding hydrogens is 191 g/mol. The Bertz CT molecular complexity index is 383. The zero-order valence-electron chi connectivity index (χ0n) is 6.95. The minimum atomic E-state index is -0.847. The predicted molar refractivity (Wildman–Crippen MR) is 48.5 cm³/mol. The van der Waals surface area contributed by atoms with Crippen LogP contribution in [0.5, 0.6) is 0 Å². The first-order chi connectivity index (χ1) is 6.43. The third-order valence-electron chi connectivity index (χ3n) is 1.60. The second kappa shape index (κ2) is 3.29. The Hall–Kier alpha value is -2.18. The summed E-state index contributed by atoms with van der Waals surface area (Å²) < 4.78 is 13.0. The minimum Gasteiger partial charge on any atom is -0.393 e. The van der Waals surface area contributed by atoms with Gasteiger partial charge in [0.2, 0.25) is 0 Å².